The van der Waals surface area contributed by atoms with E-state index in [1.54, 1.807) is 7.11 Å². The molecule has 0 aromatic rings. The van der Waals surface area contributed by atoms with Crippen LogP contribution in [0.5, 0.6) is 0 Å². The summed E-state index contributed by atoms with van der Waals surface area (Å²) in [7, 11) is 1.57. The fourth-order valence-electron chi connectivity index (χ4n) is 0.700. The van der Waals surface area contributed by atoms with E-state index >= 15 is 0 Å². The second-order valence-corrected chi connectivity index (χ2v) is 2.30. The Morgan fingerprint density at radius 2 is 2.50 bits per heavy atom. The molecule has 5 heteroatoms. The topological polar surface area (TPSA) is 88.1 Å². The standard InChI is InChI=1S/C7H13N3O2/c1-12-3-2-10-6(5-8)4-7(9)11/h6,10H,2-4H2,1H3,(H2,9,11). The number of rotatable bonds is 6. The zero-order chi connectivity index (χ0) is 9.40. The SMILES string of the molecule is COCCNC(C#N)CC(N)=O. The van der Waals surface area contributed by atoms with Gasteiger partial charge in [-0.2, -0.15) is 5.26 Å². The van der Waals surface area contributed by atoms with Crippen molar-refractivity contribution in [3.8, 4) is 6.07 Å². The van der Waals surface area contributed by atoms with Crippen molar-refractivity contribution in [3.63, 3.8) is 0 Å². The Labute approximate surface area is 71.5 Å². The molecule has 0 radical (unpaired) electrons. The Bertz CT molecular complexity index is 176. The summed E-state index contributed by atoms with van der Waals surface area (Å²) in [4.78, 5) is 10.4. The number of primary amides is 1. The molecule has 0 saturated carbocycles. The molecule has 1 unspecified atom stereocenters. The molecule has 12 heavy (non-hydrogen) atoms. The van der Waals surface area contributed by atoms with Crippen LogP contribution in [-0.4, -0.2) is 32.2 Å². The van der Waals surface area contributed by atoms with E-state index in [1.165, 1.54) is 0 Å². The number of nitrogens with zero attached hydrogens (tertiary/aromatic N) is 1. The lowest BCUT2D eigenvalue weighted by Gasteiger charge is -2.07. The molecule has 68 valence electrons. The highest BCUT2D eigenvalue weighted by atomic mass is 16.5. The molecule has 5 nitrogen and oxygen atoms in total. The summed E-state index contributed by atoms with van der Waals surface area (Å²) in [5.74, 6) is -0.480. The third-order valence-corrected chi connectivity index (χ3v) is 1.26. The van der Waals surface area contributed by atoms with Crippen LogP contribution in [0.25, 0.3) is 0 Å². The van der Waals surface area contributed by atoms with Gasteiger partial charge in [-0.25, -0.2) is 0 Å². The van der Waals surface area contributed by atoms with E-state index in [-0.39, 0.29) is 6.42 Å². The van der Waals surface area contributed by atoms with E-state index in [4.69, 9.17) is 15.7 Å². The van der Waals surface area contributed by atoms with Gasteiger partial charge in [0.1, 0.15) is 6.04 Å². The fourth-order valence-corrected chi connectivity index (χ4v) is 0.700. The van der Waals surface area contributed by atoms with Crippen LogP contribution in [0.2, 0.25) is 0 Å². The van der Waals surface area contributed by atoms with E-state index in [2.05, 4.69) is 5.32 Å². The Morgan fingerprint density at radius 3 is 2.92 bits per heavy atom. The molecule has 0 aromatic carbocycles. The molecule has 0 fully saturated rings. The van der Waals surface area contributed by atoms with Gasteiger partial charge < -0.3 is 10.5 Å². The van der Waals surface area contributed by atoms with E-state index in [0.717, 1.165) is 0 Å². The monoisotopic (exact) mass is 171 g/mol. The minimum atomic E-state index is -0.502. The van der Waals surface area contributed by atoms with Crippen molar-refractivity contribution in [2.45, 2.75) is 12.5 Å². The molecule has 0 bridgehead atoms. The van der Waals surface area contributed by atoms with Crippen LogP contribution < -0.4 is 11.1 Å². The van der Waals surface area contributed by atoms with E-state index in [9.17, 15) is 4.79 Å². The Kier molecular flexibility index (Phi) is 5.97. The van der Waals surface area contributed by atoms with Gasteiger partial charge in [-0.1, -0.05) is 0 Å². The first-order valence-corrected chi connectivity index (χ1v) is 3.61. The molecule has 0 rings (SSSR count). The Hall–Kier alpha value is -1.12. The summed E-state index contributed by atoms with van der Waals surface area (Å²) in [6.45, 7) is 1.05. The van der Waals surface area contributed by atoms with Gasteiger partial charge in [0.25, 0.3) is 0 Å². The van der Waals surface area contributed by atoms with Crippen LogP contribution in [0.1, 0.15) is 6.42 Å². The van der Waals surface area contributed by atoms with Crippen molar-refractivity contribution >= 4 is 5.91 Å². The minimum absolute atomic E-state index is 0.0419. The van der Waals surface area contributed by atoms with Crippen molar-refractivity contribution in [2.24, 2.45) is 5.73 Å². The first-order chi connectivity index (χ1) is 5.70. The molecule has 0 aliphatic carbocycles. The average Bonchev–Trinajstić information content (AvgIpc) is 2.02. The van der Waals surface area contributed by atoms with Crippen LogP contribution in [0, 0.1) is 11.3 Å². The lowest BCUT2D eigenvalue weighted by atomic mass is 10.2. The van der Waals surface area contributed by atoms with Crippen molar-refractivity contribution < 1.29 is 9.53 Å². The number of amides is 1. The number of hydrogen-bond donors (Lipinski definition) is 2. The summed E-state index contributed by atoms with van der Waals surface area (Å²) in [6.07, 6.45) is 0.0419. The van der Waals surface area contributed by atoms with E-state index in [1.807, 2.05) is 6.07 Å². The van der Waals surface area contributed by atoms with Gasteiger partial charge in [-0.15, -0.1) is 0 Å². The lowest BCUT2D eigenvalue weighted by Crippen LogP contribution is -2.34. The zero-order valence-electron chi connectivity index (χ0n) is 7.04. The summed E-state index contributed by atoms with van der Waals surface area (Å²) in [5.41, 5.74) is 4.91. The smallest absolute Gasteiger partial charge is 0.220 e. The van der Waals surface area contributed by atoms with Crippen LogP contribution in [0.4, 0.5) is 0 Å². The predicted octanol–water partition coefficient (Wildman–Crippen LogP) is -1.01. The Balaban J connectivity index is 3.55. The molecule has 1 atom stereocenters. The maximum atomic E-state index is 10.4. The number of ether oxygens (including phenoxy) is 1. The fraction of sp³-hybridized carbons (Fsp3) is 0.714. The van der Waals surface area contributed by atoms with Gasteiger partial charge in [0, 0.05) is 13.7 Å². The van der Waals surface area contributed by atoms with Gasteiger partial charge in [-0.05, 0) is 0 Å². The lowest BCUT2D eigenvalue weighted by molar-refractivity contribution is -0.118. The normalized spacial score (nSPS) is 12.0. The number of methoxy groups -OCH3 is 1. The molecular formula is C7H13N3O2. The predicted molar refractivity (Wildman–Crippen MR) is 43.1 cm³/mol. The first-order valence-electron chi connectivity index (χ1n) is 3.61. The number of nitrogens with one attached hydrogen (secondary N) is 1. The molecule has 0 saturated heterocycles. The summed E-state index contributed by atoms with van der Waals surface area (Å²) < 4.78 is 4.75. The highest BCUT2D eigenvalue weighted by molar-refractivity contribution is 5.74. The molecular weight excluding hydrogens is 158 g/mol. The first kappa shape index (κ1) is 10.9. The average molecular weight is 171 g/mol. The zero-order valence-corrected chi connectivity index (χ0v) is 7.04. The van der Waals surface area contributed by atoms with Gasteiger partial charge in [0.05, 0.1) is 19.1 Å². The number of hydrogen-bond acceptors (Lipinski definition) is 4. The largest absolute Gasteiger partial charge is 0.383 e. The second-order valence-electron chi connectivity index (χ2n) is 2.30. The highest BCUT2D eigenvalue weighted by Gasteiger charge is 2.08. The molecule has 3 N–H and O–H groups in total. The molecule has 1 amide bonds. The van der Waals surface area contributed by atoms with Crippen LogP contribution in [0.3, 0.4) is 0 Å². The van der Waals surface area contributed by atoms with Crippen LogP contribution in [0.15, 0.2) is 0 Å². The van der Waals surface area contributed by atoms with Gasteiger partial charge in [-0.3, -0.25) is 10.1 Å². The van der Waals surface area contributed by atoms with Gasteiger partial charge >= 0.3 is 0 Å². The maximum absolute atomic E-state index is 10.4. The molecule has 0 aliphatic heterocycles. The number of nitriles is 1. The molecule has 0 aromatic heterocycles. The number of carbonyl (C=O) groups is 1. The number of carbonyl (C=O) groups excluding carboxylic acids is 1. The number of nitrogens with two attached hydrogens (primary N) is 1. The van der Waals surface area contributed by atoms with Crippen molar-refractivity contribution in [1.29, 1.82) is 5.26 Å². The van der Waals surface area contributed by atoms with Crippen molar-refractivity contribution in [3.05, 3.63) is 0 Å². The third-order valence-electron chi connectivity index (χ3n) is 1.26. The quantitative estimate of drug-likeness (QED) is 0.501. The Morgan fingerprint density at radius 1 is 1.83 bits per heavy atom. The minimum Gasteiger partial charge on any atom is -0.383 e. The van der Waals surface area contributed by atoms with Crippen molar-refractivity contribution in [2.75, 3.05) is 20.3 Å². The van der Waals surface area contributed by atoms with Crippen molar-refractivity contribution in [1.82, 2.24) is 5.32 Å². The van der Waals surface area contributed by atoms with Gasteiger partial charge in [0.2, 0.25) is 5.91 Å². The highest BCUT2D eigenvalue weighted by Crippen LogP contribution is 1.87. The van der Waals surface area contributed by atoms with E-state index < -0.39 is 11.9 Å². The van der Waals surface area contributed by atoms with Crippen LogP contribution >= 0.6 is 0 Å². The molecule has 0 aliphatic rings. The van der Waals surface area contributed by atoms with E-state index in [0.29, 0.717) is 13.2 Å². The van der Waals surface area contributed by atoms with Crippen LogP contribution in [-0.2, 0) is 9.53 Å². The third kappa shape index (κ3) is 5.65. The summed E-state index contributed by atoms with van der Waals surface area (Å²) in [5, 5.41) is 11.3. The molecule has 0 heterocycles. The maximum Gasteiger partial charge on any atom is 0.220 e. The molecule has 0 spiro atoms. The second kappa shape index (κ2) is 6.58. The summed E-state index contributed by atoms with van der Waals surface area (Å²) in [6, 6.07) is 1.42. The van der Waals surface area contributed by atoms with Gasteiger partial charge in [0.15, 0.2) is 0 Å². The summed E-state index contributed by atoms with van der Waals surface area (Å²) >= 11 is 0.